The number of rotatable bonds is 3. The van der Waals surface area contributed by atoms with Crippen LogP contribution < -0.4 is 5.32 Å². The van der Waals surface area contributed by atoms with Crippen LogP contribution in [-0.2, 0) is 6.54 Å². The fourth-order valence-corrected chi connectivity index (χ4v) is 1.83. The lowest BCUT2D eigenvalue weighted by Gasteiger charge is -2.05. The Morgan fingerprint density at radius 3 is 2.89 bits per heavy atom. The highest BCUT2D eigenvalue weighted by atomic mass is 16.1. The van der Waals surface area contributed by atoms with Gasteiger partial charge in [0, 0.05) is 18.6 Å². The van der Waals surface area contributed by atoms with Gasteiger partial charge in [-0.1, -0.05) is 6.07 Å². The maximum absolute atomic E-state index is 12.1. The minimum Gasteiger partial charge on any atom is -0.346 e. The van der Waals surface area contributed by atoms with Gasteiger partial charge in [-0.15, -0.1) is 0 Å². The van der Waals surface area contributed by atoms with E-state index in [0.717, 1.165) is 5.69 Å². The Bertz CT molecular complexity index is 703. The standard InChI is InChI=1S/C13H11N5O/c19-13(16-8-9-4-5-17-18-9)10-2-1-3-11-12(10)15-7-6-14-11/h1-7H,8H2,(H,16,19)(H,17,18). The predicted molar refractivity (Wildman–Crippen MR) is 69.3 cm³/mol. The lowest BCUT2D eigenvalue weighted by atomic mass is 10.1. The summed E-state index contributed by atoms with van der Waals surface area (Å²) in [6, 6.07) is 7.17. The lowest BCUT2D eigenvalue weighted by molar-refractivity contribution is 0.0952. The first kappa shape index (κ1) is 11.3. The average molecular weight is 253 g/mol. The number of aromatic nitrogens is 4. The minimum absolute atomic E-state index is 0.180. The first-order chi connectivity index (χ1) is 9.34. The van der Waals surface area contributed by atoms with Crippen LogP contribution in [-0.4, -0.2) is 26.1 Å². The zero-order valence-corrected chi connectivity index (χ0v) is 10.00. The van der Waals surface area contributed by atoms with Gasteiger partial charge in [0.1, 0.15) is 5.52 Å². The van der Waals surface area contributed by atoms with Crippen LogP contribution in [0.25, 0.3) is 11.0 Å². The number of H-pyrrole nitrogens is 1. The summed E-state index contributed by atoms with van der Waals surface area (Å²) in [7, 11) is 0. The van der Waals surface area contributed by atoms with Gasteiger partial charge in [0.2, 0.25) is 0 Å². The molecule has 19 heavy (non-hydrogen) atoms. The molecule has 0 aliphatic carbocycles. The highest BCUT2D eigenvalue weighted by Gasteiger charge is 2.11. The van der Waals surface area contributed by atoms with Gasteiger partial charge in [-0.3, -0.25) is 19.9 Å². The molecule has 1 aromatic carbocycles. The molecule has 0 saturated heterocycles. The van der Waals surface area contributed by atoms with Crippen molar-refractivity contribution in [3.8, 4) is 0 Å². The first-order valence-corrected chi connectivity index (χ1v) is 5.81. The van der Waals surface area contributed by atoms with Crippen molar-refractivity contribution in [3.63, 3.8) is 0 Å². The number of aromatic amines is 1. The summed E-state index contributed by atoms with van der Waals surface area (Å²) in [6.07, 6.45) is 4.83. The van der Waals surface area contributed by atoms with Crippen LogP contribution >= 0.6 is 0 Å². The average Bonchev–Trinajstić information content (AvgIpc) is 2.97. The van der Waals surface area contributed by atoms with Crippen LogP contribution in [0, 0.1) is 0 Å². The Kier molecular flexibility index (Phi) is 2.89. The molecular weight excluding hydrogens is 242 g/mol. The molecule has 0 fully saturated rings. The molecule has 2 heterocycles. The van der Waals surface area contributed by atoms with Gasteiger partial charge in [0.25, 0.3) is 5.91 Å². The quantitative estimate of drug-likeness (QED) is 0.736. The molecule has 3 aromatic rings. The summed E-state index contributed by atoms with van der Waals surface area (Å²) in [5.41, 5.74) is 2.67. The predicted octanol–water partition coefficient (Wildman–Crippen LogP) is 1.28. The number of carbonyl (C=O) groups excluding carboxylic acids is 1. The van der Waals surface area contributed by atoms with E-state index >= 15 is 0 Å². The van der Waals surface area contributed by atoms with Gasteiger partial charge < -0.3 is 5.32 Å². The van der Waals surface area contributed by atoms with Crippen LogP contribution in [0.5, 0.6) is 0 Å². The maximum atomic E-state index is 12.1. The molecule has 0 aliphatic rings. The van der Waals surface area contributed by atoms with Crippen LogP contribution in [0.3, 0.4) is 0 Å². The Hall–Kier alpha value is -2.76. The smallest absolute Gasteiger partial charge is 0.253 e. The molecule has 6 nitrogen and oxygen atoms in total. The van der Waals surface area contributed by atoms with E-state index in [1.54, 1.807) is 30.7 Å². The SMILES string of the molecule is O=C(NCc1ccn[nH]1)c1cccc2nccnc12. The molecule has 2 N–H and O–H groups in total. The second kappa shape index (κ2) is 4.85. The molecule has 0 atom stereocenters. The zero-order chi connectivity index (χ0) is 13.1. The van der Waals surface area contributed by atoms with Gasteiger partial charge in [0.15, 0.2) is 0 Å². The largest absolute Gasteiger partial charge is 0.346 e. The third-order valence-electron chi connectivity index (χ3n) is 2.74. The second-order valence-corrected chi connectivity index (χ2v) is 3.99. The fourth-order valence-electron chi connectivity index (χ4n) is 1.83. The van der Waals surface area contributed by atoms with Gasteiger partial charge >= 0.3 is 0 Å². The van der Waals surface area contributed by atoms with E-state index in [0.29, 0.717) is 23.1 Å². The second-order valence-electron chi connectivity index (χ2n) is 3.99. The highest BCUT2D eigenvalue weighted by Crippen LogP contribution is 2.13. The fraction of sp³-hybridized carbons (Fsp3) is 0.0769. The molecule has 94 valence electrons. The number of amides is 1. The summed E-state index contributed by atoms with van der Waals surface area (Å²) in [5, 5.41) is 9.43. The van der Waals surface area contributed by atoms with Crippen molar-refractivity contribution < 1.29 is 4.79 Å². The third kappa shape index (κ3) is 2.28. The molecule has 0 spiro atoms. The van der Waals surface area contributed by atoms with Crippen molar-refractivity contribution in [2.45, 2.75) is 6.54 Å². The van der Waals surface area contributed by atoms with Crippen molar-refractivity contribution >= 4 is 16.9 Å². The normalized spacial score (nSPS) is 10.5. The van der Waals surface area contributed by atoms with Crippen molar-refractivity contribution in [2.75, 3.05) is 0 Å². The number of nitrogens with one attached hydrogen (secondary N) is 2. The van der Waals surface area contributed by atoms with Crippen molar-refractivity contribution in [1.29, 1.82) is 0 Å². The van der Waals surface area contributed by atoms with Crippen LogP contribution in [0.4, 0.5) is 0 Å². The minimum atomic E-state index is -0.180. The van der Waals surface area contributed by atoms with E-state index in [1.165, 1.54) is 0 Å². The van der Waals surface area contributed by atoms with E-state index in [1.807, 2.05) is 12.1 Å². The van der Waals surface area contributed by atoms with E-state index < -0.39 is 0 Å². The Morgan fingerprint density at radius 1 is 1.16 bits per heavy atom. The number of para-hydroxylation sites is 1. The monoisotopic (exact) mass is 253 g/mol. The number of nitrogens with zero attached hydrogens (tertiary/aromatic N) is 3. The van der Waals surface area contributed by atoms with E-state index in [9.17, 15) is 4.79 Å². The summed E-state index contributed by atoms with van der Waals surface area (Å²) >= 11 is 0. The number of hydrogen-bond donors (Lipinski definition) is 2. The van der Waals surface area contributed by atoms with Crippen molar-refractivity contribution in [3.05, 3.63) is 54.1 Å². The van der Waals surface area contributed by atoms with Gasteiger partial charge in [-0.25, -0.2) is 0 Å². The molecule has 0 saturated carbocycles. The molecular formula is C13H11N5O. The van der Waals surface area contributed by atoms with Crippen LogP contribution in [0.15, 0.2) is 42.9 Å². The zero-order valence-electron chi connectivity index (χ0n) is 10.00. The number of hydrogen-bond acceptors (Lipinski definition) is 4. The third-order valence-corrected chi connectivity index (χ3v) is 2.74. The maximum Gasteiger partial charge on any atom is 0.253 e. The molecule has 3 rings (SSSR count). The molecule has 6 heteroatoms. The highest BCUT2D eigenvalue weighted by molar-refractivity contribution is 6.04. The summed E-state index contributed by atoms with van der Waals surface area (Å²) in [5.74, 6) is -0.180. The Balaban J connectivity index is 1.85. The number of benzene rings is 1. The Labute approximate surface area is 108 Å². The summed E-state index contributed by atoms with van der Waals surface area (Å²) < 4.78 is 0. The topological polar surface area (TPSA) is 83.6 Å². The molecule has 2 aromatic heterocycles. The van der Waals surface area contributed by atoms with E-state index in [2.05, 4.69) is 25.5 Å². The van der Waals surface area contributed by atoms with E-state index in [-0.39, 0.29) is 5.91 Å². The molecule has 0 radical (unpaired) electrons. The molecule has 0 bridgehead atoms. The number of fused-ring (bicyclic) bond motifs is 1. The van der Waals surface area contributed by atoms with Crippen molar-refractivity contribution in [1.82, 2.24) is 25.5 Å². The number of carbonyl (C=O) groups is 1. The molecule has 1 amide bonds. The van der Waals surface area contributed by atoms with Gasteiger partial charge in [-0.05, 0) is 18.2 Å². The lowest BCUT2D eigenvalue weighted by Crippen LogP contribution is -2.23. The molecule has 0 aliphatic heterocycles. The molecule has 0 unspecified atom stereocenters. The summed E-state index contributed by atoms with van der Waals surface area (Å²) in [6.45, 7) is 0.398. The van der Waals surface area contributed by atoms with Crippen LogP contribution in [0.1, 0.15) is 16.1 Å². The summed E-state index contributed by atoms with van der Waals surface area (Å²) in [4.78, 5) is 20.5. The van der Waals surface area contributed by atoms with Gasteiger partial charge in [0.05, 0.1) is 23.3 Å². The van der Waals surface area contributed by atoms with Crippen molar-refractivity contribution in [2.24, 2.45) is 0 Å². The van der Waals surface area contributed by atoms with Gasteiger partial charge in [-0.2, -0.15) is 5.10 Å². The van der Waals surface area contributed by atoms with Crippen LogP contribution in [0.2, 0.25) is 0 Å². The Morgan fingerprint density at radius 2 is 2.05 bits per heavy atom. The first-order valence-electron chi connectivity index (χ1n) is 5.81. The van der Waals surface area contributed by atoms with E-state index in [4.69, 9.17) is 0 Å².